The van der Waals surface area contributed by atoms with Gasteiger partial charge in [0.15, 0.2) is 0 Å². The van der Waals surface area contributed by atoms with Gasteiger partial charge in [-0.15, -0.1) is 0 Å². The van der Waals surface area contributed by atoms with Gasteiger partial charge in [-0.25, -0.2) is 4.98 Å². The first-order chi connectivity index (χ1) is 12.1. The number of rotatable bonds is 5. The molecule has 1 aliphatic rings. The van der Waals surface area contributed by atoms with Crippen LogP contribution in [0.2, 0.25) is 0 Å². The molecule has 2 amide bonds. The van der Waals surface area contributed by atoms with Crippen molar-refractivity contribution >= 4 is 23.3 Å². The zero-order valence-electron chi connectivity index (χ0n) is 14.3. The normalized spacial score (nSPS) is 13.6. The van der Waals surface area contributed by atoms with E-state index in [9.17, 15) is 9.59 Å². The van der Waals surface area contributed by atoms with Crippen molar-refractivity contribution in [2.75, 3.05) is 23.3 Å². The second-order valence-electron chi connectivity index (χ2n) is 6.16. The minimum Gasteiger partial charge on any atom is -0.357 e. The first-order valence-electron chi connectivity index (χ1n) is 8.47. The van der Waals surface area contributed by atoms with Gasteiger partial charge in [0.05, 0.1) is 0 Å². The largest absolute Gasteiger partial charge is 0.357 e. The molecule has 0 spiro atoms. The number of hydrogen-bond acceptors (Lipinski definition) is 4. The van der Waals surface area contributed by atoms with E-state index in [4.69, 9.17) is 0 Å². The summed E-state index contributed by atoms with van der Waals surface area (Å²) < 4.78 is 0. The summed E-state index contributed by atoms with van der Waals surface area (Å²) in [6.45, 7) is 3.96. The maximum atomic E-state index is 12.3. The van der Waals surface area contributed by atoms with Crippen LogP contribution >= 0.6 is 0 Å². The number of anilines is 2. The fraction of sp³-hybridized carbons (Fsp3) is 0.316. The Kier molecular flexibility index (Phi) is 5.28. The smallest absolute Gasteiger partial charge is 0.251 e. The highest BCUT2D eigenvalue weighted by Crippen LogP contribution is 2.18. The third-order valence-corrected chi connectivity index (χ3v) is 4.14. The third-order valence-electron chi connectivity index (χ3n) is 4.14. The molecule has 0 bridgehead atoms. The maximum absolute atomic E-state index is 12.3. The van der Waals surface area contributed by atoms with E-state index in [0.29, 0.717) is 17.8 Å². The molecule has 25 heavy (non-hydrogen) atoms. The Morgan fingerprint density at radius 3 is 2.72 bits per heavy atom. The van der Waals surface area contributed by atoms with Gasteiger partial charge in [0, 0.05) is 44.0 Å². The molecular formula is C19H22N4O2. The Hall–Kier alpha value is -2.89. The van der Waals surface area contributed by atoms with Crippen LogP contribution in [0.5, 0.6) is 0 Å². The quantitative estimate of drug-likeness (QED) is 0.879. The monoisotopic (exact) mass is 338 g/mol. The average Bonchev–Trinajstić information content (AvgIpc) is 3.14. The number of aromatic nitrogens is 1. The van der Waals surface area contributed by atoms with E-state index in [1.165, 1.54) is 19.8 Å². The standard InChI is InChI=1S/C19H22N4O2/c1-14(24)22-17-6-4-5-16(12-17)19(25)21-13-15-7-8-20-18(11-15)23-9-2-3-10-23/h4-8,11-12H,2-3,9-10,13H2,1H3,(H,21,25)(H,22,24). The predicted molar refractivity (Wildman–Crippen MR) is 97.6 cm³/mol. The van der Waals surface area contributed by atoms with Gasteiger partial charge in [-0.05, 0) is 48.7 Å². The molecule has 1 aromatic carbocycles. The molecule has 2 heterocycles. The molecule has 2 aromatic rings. The first kappa shape index (κ1) is 17.0. The van der Waals surface area contributed by atoms with E-state index in [0.717, 1.165) is 24.5 Å². The van der Waals surface area contributed by atoms with E-state index in [2.05, 4.69) is 20.5 Å². The number of carbonyl (C=O) groups excluding carboxylic acids is 2. The van der Waals surface area contributed by atoms with Gasteiger partial charge >= 0.3 is 0 Å². The lowest BCUT2D eigenvalue weighted by molar-refractivity contribution is -0.114. The fourth-order valence-electron chi connectivity index (χ4n) is 2.92. The molecule has 0 radical (unpaired) electrons. The van der Waals surface area contributed by atoms with Crippen LogP contribution in [-0.2, 0) is 11.3 Å². The Morgan fingerprint density at radius 2 is 1.96 bits per heavy atom. The second kappa shape index (κ2) is 7.79. The number of carbonyl (C=O) groups is 2. The molecule has 6 nitrogen and oxygen atoms in total. The van der Waals surface area contributed by atoms with Crippen molar-refractivity contribution in [1.82, 2.24) is 10.3 Å². The number of nitrogens with one attached hydrogen (secondary N) is 2. The molecule has 0 saturated carbocycles. The van der Waals surface area contributed by atoms with E-state index in [-0.39, 0.29) is 11.8 Å². The highest BCUT2D eigenvalue weighted by Gasteiger charge is 2.14. The fourth-order valence-corrected chi connectivity index (χ4v) is 2.92. The Balaban J connectivity index is 1.62. The minimum absolute atomic E-state index is 0.163. The van der Waals surface area contributed by atoms with Crippen molar-refractivity contribution in [3.63, 3.8) is 0 Å². The Morgan fingerprint density at radius 1 is 1.16 bits per heavy atom. The molecule has 0 aliphatic carbocycles. The lowest BCUT2D eigenvalue weighted by Gasteiger charge is -2.17. The zero-order chi connectivity index (χ0) is 17.6. The van der Waals surface area contributed by atoms with E-state index < -0.39 is 0 Å². The van der Waals surface area contributed by atoms with Gasteiger partial charge in [0.1, 0.15) is 5.82 Å². The second-order valence-corrected chi connectivity index (χ2v) is 6.16. The number of nitrogens with zero attached hydrogens (tertiary/aromatic N) is 2. The number of benzene rings is 1. The molecule has 1 aliphatic heterocycles. The first-order valence-corrected chi connectivity index (χ1v) is 8.47. The van der Waals surface area contributed by atoms with Crippen LogP contribution < -0.4 is 15.5 Å². The molecule has 1 saturated heterocycles. The topological polar surface area (TPSA) is 74.3 Å². The summed E-state index contributed by atoms with van der Waals surface area (Å²) in [5, 5.41) is 5.60. The number of pyridine rings is 1. The van der Waals surface area contributed by atoms with Crippen molar-refractivity contribution in [3.8, 4) is 0 Å². The van der Waals surface area contributed by atoms with Gasteiger partial charge in [-0.3, -0.25) is 9.59 Å². The van der Waals surface area contributed by atoms with Gasteiger partial charge in [0.2, 0.25) is 5.91 Å². The number of hydrogen-bond donors (Lipinski definition) is 2. The van der Waals surface area contributed by atoms with Crippen molar-refractivity contribution in [2.24, 2.45) is 0 Å². The van der Waals surface area contributed by atoms with Crippen LogP contribution in [0.15, 0.2) is 42.6 Å². The molecule has 0 unspecified atom stereocenters. The van der Waals surface area contributed by atoms with E-state index >= 15 is 0 Å². The summed E-state index contributed by atoms with van der Waals surface area (Å²) in [5.41, 5.74) is 2.14. The van der Waals surface area contributed by atoms with Crippen LogP contribution in [0.4, 0.5) is 11.5 Å². The summed E-state index contributed by atoms with van der Waals surface area (Å²) in [6, 6.07) is 10.8. The Labute approximate surface area is 147 Å². The van der Waals surface area contributed by atoms with Gasteiger partial charge < -0.3 is 15.5 Å². The van der Waals surface area contributed by atoms with E-state index in [1.54, 1.807) is 30.5 Å². The molecule has 3 rings (SSSR count). The maximum Gasteiger partial charge on any atom is 0.251 e. The summed E-state index contributed by atoms with van der Waals surface area (Å²) >= 11 is 0. The highest BCUT2D eigenvalue weighted by atomic mass is 16.2. The molecular weight excluding hydrogens is 316 g/mol. The van der Waals surface area contributed by atoms with Crippen molar-refractivity contribution in [1.29, 1.82) is 0 Å². The van der Waals surface area contributed by atoms with Crippen LogP contribution in [-0.4, -0.2) is 29.9 Å². The van der Waals surface area contributed by atoms with Crippen LogP contribution in [0, 0.1) is 0 Å². The van der Waals surface area contributed by atoms with E-state index in [1.807, 2.05) is 12.1 Å². The van der Waals surface area contributed by atoms with Crippen molar-refractivity contribution < 1.29 is 9.59 Å². The summed E-state index contributed by atoms with van der Waals surface area (Å²) in [5.74, 6) is 0.632. The average molecular weight is 338 g/mol. The lowest BCUT2D eigenvalue weighted by Crippen LogP contribution is -2.24. The lowest BCUT2D eigenvalue weighted by atomic mass is 10.1. The summed E-state index contributed by atoms with van der Waals surface area (Å²) in [7, 11) is 0. The molecule has 1 aromatic heterocycles. The molecule has 130 valence electrons. The third kappa shape index (κ3) is 4.56. The number of amides is 2. The predicted octanol–water partition coefficient (Wildman–Crippen LogP) is 2.57. The van der Waals surface area contributed by atoms with Gasteiger partial charge in [0.25, 0.3) is 5.91 Å². The highest BCUT2D eigenvalue weighted by molar-refractivity contribution is 5.96. The summed E-state index contributed by atoms with van der Waals surface area (Å²) in [4.78, 5) is 30.2. The van der Waals surface area contributed by atoms with Gasteiger partial charge in [-0.1, -0.05) is 6.07 Å². The zero-order valence-corrected chi connectivity index (χ0v) is 14.3. The molecule has 0 atom stereocenters. The molecule has 2 N–H and O–H groups in total. The SMILES string of the molecule is CC(=O)Nc1cccc(C(=O)NCc2ccnc(N3CCCC3)c2)c1. The van der Waals surface area contributed by atoms with Crippen LogP contribution in [0.1, 0.15) is 35.7 Å². The van der Waals surface area contributed by atoms with Crippen molar-refractivity contribution in [3.05, 3.63) is 53.7 Å². The van der Waals surface area contributed by atoms with Crippen LogP contribution in [0.25, 0.3) is 0 Å². The molecule has 6 heteroatoms. The Bertz CT molecular complexity index is 770. The minimum atomic E-state index is -0.174. The van der Waals surface area contributed by atoms with Crippen molar-refractivity contribution in [2.45, 2.75) is 26.3 Å². The van der Waals surface area contributed by atoms with Crippen LogP contribution in [0.3, 0.4) is 0 Å². The van der Waals surface area contributed by atoms with Gasteiger partial charge in [-0.2, -0.15) is 0 Å². The summed E-state index contributed by atoms with van der Waals surface area (Å²) in [6.07, 6.45) is 4.19. The molecule has 1 fully saturated rings.